The zero-order valence-corrected chi connectivity index (χ0v) is 10.4. The molecule has 0 fully saturated rings. The molecule has 2 aromatic heterocycles. The Morgan fingerprint density at radius 3 is 2.94 bits per heavy atom. The van der Waals surface area contributed by atoms with Crippen LogP contribution in [0.15, 0.2) is 11.7 Å². The second-order valence-corrected chi connectivity index (χ2v) is 4.73. The molecule has 5 heteroatoms. The highest BCUT2D eigenvalue weighted by Gasteiger charge is 2.01. The van der Waals surface area contributed by atoms with E-state index < -0.39 is 0 Å². The summed E-state index contributed by atoms with van der Waals surface area (Å²) in [5, 5.41) is 6.66. The van der Waals surface area contributed by atoms with Crippen molar-refractivity contribution in [3.8, 4) is 0 Å². The predicted molar refractivity (Wildman–Crippen MR) is 65.6 cm³/mol. The van der Waals surface area contributed by atoms with Crippen LogP contribution in [0.2, 0.25) is 0 Å². The fourth-order valence-electron chi connectivity index (χ4n) is 1.49. The monoisotopic (exact) mass is 236 g/mol. The SMILES string of the molecule is Cc1csc(CCNCc2nc[nH]c2C)n1. The normalized spacial score (nSPS) is 10.9. The number of H-pyrrole nitrogens is 1. The van der Waals surface area contributed by atoms with Crippen molar-refractivity contribution in [1.82, 2.24) is 20.3 Å². The molecule has 0 radical (unpaired) electrons. The Hall–Kier alpha value is -1.20. The highest BCUT2D eigenvalue weighted by molar-refractivity contribution is 7.09. The van der Waals surface area contributed by atoms with Crippen molar-refractivity contribution in [1.29, 1.82) is 0 Å². The lowest BCUT2D eigenvalue weighted by Gasteiger charge is -2.01. The van der Waals surface area contributed by atoms with Gasteiger partial charge in [-0.15, -0.1) is 11.3 Å². The molecule has 0 aliphatic heterocycles. The van der Waals surface area contributed by atoms with Crippen molar-refractivity contribution in [2.24, 2.45) is 0 Å². The smallest absolute Gasteiger partial charge is 0.0940 e. The van der Waals surface area contributed by atoms with Crippen LogP contribution in [0, 0.1) is 13.8 Å². The summed E-state index contributed by atoms with van der Waals surface area (Å²) >= 11 is 1.73. The largest absolute Gasteiger partial charge is 0.348 e. The summed E-state index contributed by atoms with van der Waals surface area (Å²) < 4.78 is 0. The molecular formula is C11H16N4S. The molecule has 2 rings (SSSR count). The molecule has 0 saturated heterocycles. The number of rotatable bonds is 5. The van der Waals surface area contributed by atoms with Crippen LogP contribution in [-0.4, -0.2) is 21.5 Å². The third-order valence-electron chi connectivity index (χ3n) is 2.41. The average molecular weight is 236 g/mol. The standard InChI is InChI=1S/C11H16N4S/c1-8-6-16-11(15-8)3-4-12-5-10-9(2)13-7-14-10/h6-7,12H,3-5H2,1-2H3,(H,13,14). The van der Waals surface area contributed by atoms with Gasteiger partial charge < -0.3 is 10.3 Å². The number of aromatic nitrogens is 3. The van der Waals surface area contributed by atoms with E-state index in [0.717, 1.165) is 36.6 Å². The first-order valence-electron chi connectivity index (χ1n) is 5.36. The quantitative estimate of drug-likeness (QED) is 0.779. The molecule has 0 unspecified atom stereocenters. The molecule has 86 valence electrons. The number of imidazole rings is 1. The van der Waals surface area contributed by atoms with E-state index in [4.69, 9.17) is 0 Å². The Balaban J connectivity index is 1.71. The van der Waals surface area contributed by atoms with Crippen LogP contribution in [0.4, 0.5) is 0 Å². The lowest BCUT2D eigenvalue weighted by molar-refractivity contribution is 0.672. The van der Waals surface area contributed by atoms with E-state index in [2.05, 4.69) is 25.6 Å². The van der Waals surface area contributed by atoms with Crippen molar-refractivity contribution in [2.75, 3.05) is 6.54 Å². The number of aryl methyl sites for hydroxylation is 2. The maximum atomic E-state index is 4.42. The van der Waals surface area contributed by atoms with Gasteiger partial charge in [0.2, 0.25) is 0 Å². The van der Waals surface area contributed by atoms with Gasteiger partial charge in [0, 0.05) is 36.3 Å². The molecule has 2 heterocycles. The van der Waals surface area contributed by atoms with Gasteiger partial charge in [0.05, 0.1) is 17.0 Å². The minimum Gasteiger partial charge on any atom is -0.348 e. The lowest BCUT2D eigenvalue weighted by atomic mass is 10.3. The van der Waals surface area contributed by atoms with Gasteiger partial charge in [-0.3, -0.25) is 0 Å². The highest BCUT2D eigenvalue weighted by atomic mass is 32.1. The summed E-state index contributed by atoms with van der Waals surface area (Å²) in [5.74, 6) is 0. The van der Waals surface area contributed by atoms with E-state index in [1.807, 2.05) is 13.8 Å². The molecule has 0 atom stereocenters. The van der Waals surface area contributed by atoms with Crippen LogP contribution < -0.4 is 5.32 Å². The molecule has 0 saturated carbocycles. The van der Waals surface area contributed by atoms with Crippen LogP contribution in [0.25, 0.3) is 0 Å². The van der Waals surface area contributed by atoms with Gasteiger partial charge in [-0.25, -0.2) is 9.97 Å². The molecular weight excluding hydrogens is 220 g/mol. The maximum Gasteiger partial charge on any atom is 0.0940 e. The van der Waals surface area contributed by atoms with Gasteiger partial charge in [-0.1, -0.05) is 0 Å². The summed E-state index contributed by atoms with van der Waals surface area (Å²) in [6.45, 7) is 5.83. The Morgan fingerprint density at radius 2 is 2.31 bits per heavy atom. The summed E-state index contributed by atoms with van der Waals surface area (Å²) in [5.41, 5.74) is 3.34. The van der Waals surface area contributed by atoms with E-state index >= 15 is 0 Å². The van der Waals surface area contributed by atoms with Crippen LogP contribution in [0.5, 0.6) is 0 Å². The predicted octanol–water partition coefficient (Wildman–Crippen LogP) is 1.82. The second-order valence-electron chi connectivity index (χ2n) is 3.78. The number of aromatic amines is 1. The fourth-order valence-corrected chi connectivity index (χ4v) is 2.26. The third kappa shape index (κ3) is 2.90. The van der Waals surface area contributed by atoms with Gasteiger partial charge in [0.25, 0.3) is 0 Å². The topological polar surface area (TPSA) is 53.6 Å². The first kappa shape index (κ1) is 11.3. The Labute approximate surface area is 99.2 Å². The average Bonchev–Trinajstić information content (AvgIpc) is 2.83. The highest BCUT2D eigenvalue weighted by Crippen LogP contribution is 2.08. The Morgan fingerprint density at radius 1 is 1.44 bits per heavy atom. The molecule has 0 amide bonds. The van der Waals surface area contributed by atoms with Crippen LogP contribution in [0.3, 0.4) is 0 Å². The summed E-state index contributed by atoms with van der Waals surface area (Å²) in [4.78, 5) is 11.7. The molecule has 16 heavy (non-hydrogen) atoms. The Kier molecular flexibility index (Phi) is 3.69. The summed E-state index contributed by atoms with van der Waals surface area (Å²) in [6, 6.07) is 0. The second kappa shape index (κ2) is 5.23. The Bertz CT molecular complexity index is 446. The number of hydrogen-bond donors (Lipinski definition) is 2. The first-order valence-corrected chi connectivity index (χ1v) is 6.24. The zero-order chi connectivity index (χ0) is 11.4. The van der Waals surface area contributed by atoms with E-state index in [0.29, 0.717) is 0 Å². The fraction of sp³-hybridized carbons (Fsp3) is 0.455. The molecule has 0 bridgehead atoms. The van der Waals surface area contributed by atoms with Gasteiger partial charge in [0.15, 0.2) is 0 Å². The molecule has 2 N–H and O–H groups in total. The molecule has 0 aromatic carbocycles. The number of thiazole rings is 1. The molecule has 2 aromatic rings. The lowest BCUT2D eigenvalue weighted by Crippen LogP contribution is -2.17. The molecule has 0 spiro atoms. The van der Waals surface area contributed by atoms with E-state index in [9.17, 15) is 0 Å². The number of nitrogens with zero attached hydrogens (tertiary/aromatic N) is 2. The van der Waals surface area contributed by atoms with Crippen molar-refractivity contribution in [3.05, 3.63) is 33.8 Å². The van der Waals surface area contributed by atoms with Gasteiger partial charge in [-0.05, 0) is 13.8 Å². The van der Waals surface area contributed by atoms with Crippen LogP contribution in [0.1, 0.15) is 22.1 Å². The molecule has 4 nitrogen and oxygen atoms in total. The van der Waals surface area contributed by atoms with E-state index in [1.54, 1.807) is 17.7 Å². The minimum absolute atomic E-state index is 0.819. The molecule has 0 aliphatic rings. The summed E-state index contributed by atoms with van der Waals surface area (Å²) in [6.07, 6.45) is 2.72. The third-order valence-corrected chi connectivity index (χ3v) is 3.44. The first-order chi connectivity index (χ1) is 7.75. The van der Waals surface area contributed by atoms with Gasteiger partial charge in [-0.2, -0.15) is 0 Å². The van der Waals surface area contributed by atoms with Gasteiger partial charge >= 0.3 is 0 Å². The van der Waals surface area contributed by atoms with Crippen molar-refractivity contribution < 1.29 is 0 Å². The zero-order valence-electron chi connectivity index (χ0n) is 9.58. The van der Waals surface area contributed by atoms with Crippen LogP contribution in [-0.2, 0) is 13.0 Å². The minimum atomic E-state index is 0.819. The van der Waals surface area contributed by atoms with Crippen molar-refractivity contribution in [2.45, 2.75) is 26.8 Å². The maximum absolute atomic E-state index is 4.42. The number of nitrogens with one attached hydrogen (secondary N) is 2. The summed E-state index contributed by atoms with van der Waals surface area (Å²) in [7, 11) is 0. The van der Waals surface area contributed by atoms with E-state index in [1.165, 1.54) is 5.01 Å². The molecule has 0 aliphatic carbocycles. The number of hydrogen-bond acceptors (Lipinski definition) is 4. The van der Waals surface area contributed by atoms with Crippen molar-refractivity contribution >= 4 is 11.3 Å². The van der Waals surface area contributed by atoms with Gasteiger partial charge in [0.1, 0.15) is 0 Å². The van der Waals surface area contributed by atoms with Crippen LogP contribution >= 0.6 is 11.3 Å². The van der Waals surface area contributed by atoms with E-state index in [-0.39, 0.29) is 0 Å². The van der Waals surface area contributed by atoms with Crippen molar-refractivity contribution in [3.63, 3.8) is 0 Å².